The monoisotopic (exact) mass is 361 g/mol. The van der Waals surface area contributed by atoms with Crippen molar-refractivity contribution in [2.75, 3.05) is 43.0 Å². The topological polar surface area (TPSA) is 44.8 Å². The molecule has 2 aromatic carbocycles. The van der Waals surface area contributed by atoms with Crippen LogP contribution in [0.2, 0.25) is 0 Å². The highest BCUT2D eigenvalue weighted by atomic mass is 19.2. The van der Waals surface area contributed by atoms with E-state index in [2.05, 4.69) is 5.32 Å². The lowest BCUT2D eigenvalue weighted by atomic mass is 10.2. The molecule has 2 amide bonds. The molecule has 1 saturated heterocycles. The van der Waals surface area contributed by atoms with Crippen LogP contribution in [0.1, 0.15) is 6.92 Å². The van der Waals surface area contributed by atoms with Gasteiger partial charge in [0.1, 0.15) is 5.75 Å². The third kappa shape index (κ3) is 4.22. The number of nitrogens with one attached hydrogen (secondary N) is 1. The van der Waals surface area contributed by atoms with Crippen LogP contribution in [0.5, 0.6) is 5.75 Å². The van der Waals surface area contributed by atoms with E-state index in [9.17, 15) is 13.6 Å². The van der Waals surface area contributed by atoms with Crippen LogP contribution in [0, 0.1) is 11.6 Å². The molecule has 1 aliphatic rings. The normalized spacial score (nSPS) is 14.3. The van der Waals surface area contributed by atoms with Crippen molar-refractivity contribution in [3.63, 3.8) is 0 Å². The molecule has 0 radical (unpaired) electrons. The van der Waals surface area contributed by atoms with E-state index in [1.807, 2.05) is 11.8 Å². The van der Waals surface area contributed by atoms with Crippen molar-refractivity contribution in [1.82, 2.24) is 4.90 Å². The summed E-state index contributed by atoms with van der Waals surface area (Å²) >= 11 is 0. The predicted molar refractivity (Wildman–Crippen MR) is 96.8 cm³/mol. The third-order valence-corrected chi connectivity index (χ3v) is 4.25. The quantitative estimate of drug-likeness (QED) is 0.903. The van der Waals surface area contributed by atoms with Crippen LogP contribution in [-0.4, -0.2) is 43.7 Å². The molecule has 0 bridgehead atoms. The molecule has 1 heterocycles. The Bertz CT molecular complexity index is 760. The smallest absolute Gasteiger partial charge is 0.321 e. The molecule has 1 N–H and O–H groups in total. The van der Waals surface area contributed by atoms with E-state index in [4.69, 9.17) is 4.74 Å². The van der Waals surface area contributed by atoms with Crippen molar-refractivity contribution in [2.45, 2.75) is 6.92 Å². The number of piperazine rings is 1. The number of carbonyl (C=O) groups excluding carboxylic acids is 1. The van der Waals surface area contributed by atoms with Crippen molar-refractivity contribution >= 4 is 17.4 Å². The average Bonchev–Trinajstić information content (AvgIpc) is 2.66. The van der Waals surface area contributed by atoms with Crippen molar-refractivity contribution in [3.8, 4) is 5.75 Å². The molecular formula is C19H21F2N3O2. The Morgan fingerprint density at radius 1 is 1.04 bits per heavy atom. The van der Waals surface area contributed by atoms with E-state index in [1.54, 1.807) is 35.2 Å². The SMILES string of the molecule is CCOc1ccc(NC(=O)N2CCN(c3ccc(F)c(F)c3)CC2)cc1. The first-order chi connectivity index (χ1) is 12.6. The van der Waals surface area contributed by atoms with Crippen LogP contribution in [0.25, 0.3) is 0 Å². The number of anilines is 2. The Morgan fingerprint density at radius 2 is 1.73 bits per heavy atom. The Labute approximate surface area is 151 Å². The maximum absolute atomic E-state index is 13.4. The van der Waals surface area contributed by atoms with Gasteiger partial charge in [-0.2, -0.15) is 0 Å². The van der Waals surface area contributed by atoms with Crippen LogP contribution in [0.3, 0.4) is 0 Å². The largest absolute Gasteiger partial charge is 0.494 e. The highest BCUT2D eigenvalue weighted by Gasteiger charge is 2.22. The van der Waals surface area contributed by atoms with Crippen molar-refractivity contribution in [1.29, 1.82) is 0 Å². The summed E-state index contributed by atoms with van der Waals surface area (Å²) in [6.07, 6.45) is 0. The summed E-state index contributed by atoms with van der Waals surface area (Å²) in [5.41, 5.74) is 1.32. The molecule has 0 aliphatic carbocycles. The molecule has 0 saturated carbocycles. The molecule has 0 spiro atoms. The second kappa shape index (κ2) is 8.03. The first-order valence-electron chi connectivity index (χ1n) is 8.55. The number of halogens is 2. The van der Waals surface area contributed by atoms with Crippen molar-refractivity contribution in [2.24, 2.45) is 0 Å². The summed E-state index contributed by atoms with van der Waals surface area (Å²) in [7, 11) is 0. The summed E-state index contributed by atoms with van der Waals surface area (Å²) in [4.78, 5) is 16.0. The van der Waals surface area contributed by atoms with Crippen LogP contribution >= 0.6 is 0 Å². The van der Waals surface area contributed by atoms with E-state index in [0.29, 0.717) is 44.2 Å². The Hall–Kier alpha value is -2.83. The molecule has 0 aromatic heterocycles. The van der Waals surface area contributed by atoms with Crippen molar-refractivity contribution in [3.05, 3.63) is 54.1 Å². The predicted octanol–water partition coefficient (Wildman–Crippen LogP) is 3.72. The number of amides is 2. The number of nitrogens with zero attached hydrogens (tertiary/aromatic N) is 2. The molecule has 1 aliphatic heterocycles. The molecule has 26 heavy (non-hydrogen) atoms. The van der Waals surface area contributed by atoms with E-state index < -0.39 is 11.6 Å². The second-order valence-electron chi connectivity index (χ2n) is 5.96. The zero-order valence-electron chi connectivity index (χ0n) is 14.5. The minimum absolute atomic E-state index is 0.181. The molecule has 3 rings (SSSR count). The van der Waals surface area contributed by atoms with E-state index in [0.717, 1.165) is 11.8 Å². The molecular weight excluding hydrogens is 340 g/mol. The fourth-order valence-corrected chi connectivity index (χ4v) is 2.85. The van der Waals surface area contributed by atoms with Gasteiger partial charge in [0.05, 0.1) is 6.61 Å². The Balaban J connectivity index is 1.53. The highest BCUT2D eigenvalue weighted by Crippen LogP contribution is 2.20. The zero-order valence-corrected chi connectivity index (χ0v) is 14.5. The fourth-order valence-electron chi connectivity index (χ4n) is 2.85. The number of urea groups is 1. The van der Waals surface area contributed by atoms with Gasteiger partial charge in [0.2, 0.25) is 0 Å². The minimum atomic E-state index is -0.863. The second-order valence-corrected chi connectivity index (χ2v) is 5.96. The number of ether oxygens (including phenoxy) is 1. The minimum Gasteiger partial charge on any atom is -0.494 e. The molecule has 2 aromatic rings. The van der Waals surface area contributed by atoms with Crippen LogP contribution < -0.4 is 15.0 Å². The van der Waals surface area contributed by atoms with Gasteiger partial charge >= 0.3 is 6.03 Å². The Kier molecular flexibility index (Phi) is 5.55. The molecule has 0 atom stereocenters. The average molecular weight is 361 g/mol. The number of rotatable bonds is 4. The van der Waals surface area contributed by atoms with Gasteiger partial charge in [-0.1, -0.05) is 0 Å². The number of benzene rings is 2. The maximum Gasteiger partial charge on any atom is 0.321 e. The van der Waals surface area contributed by atoms with Crippen LogP contribution in [0.15, 0.2) is 42.5 Å². The fraction of sp³-hybridized carbons (Fsp3) is 0.316. The van der Waals surface area contributed by atoms with Gasteiger partial charge in [0.25, 0.3) is 0 Å². The summed E-state index contributed by atoms with van der Waals surface area (Å²) in [5.74, 6) is -0.967. The molecule has 138 valence electrons. The third-order valence-electron chi connectivity index (χ3n) is 4.25. The van der Waals surface area contributed by atoms with Gasteiger partial charge in [0.15, 0.2) is 11.6 Å². The summed E-state index contributed by atoms with van der Waals surface area (Å²) < 4.78 is 31.8. The van der Waals surface area contributed by atoms with Gasteiger partial charge < -0.3 is 19.9 Å². The van der Waals surface area contributed by atoms with Crippen molar-refractivity contribution < 1.29 is 18.3 Å². The van der Waals surface area contributed by atoms with E-state index in [1.165, 1.54) is 6.07 Å². The van der Waals surface area contributed by atoms with E-state index >= 15 is 0 Å². The number of hydrogen-bond donors (Lipinski definition) is 1. The van der Waals surface area contributed by atoms with Gasteiger partial charge in [0, 0.05) is 43.6 Å². The summed E-state index contributed by atoms with van der Waals surface area (Å²) in [6, 6.07) is 10.9. The lowest BCUT2D eigenvalue weighted by Gasteiger charge is -2.36. The Morgan fingerprint density at radius 3 is 2.35 bits per heavy atom. The summed E-state index contributed by atoms with van der Waals surface area (Å²) in [6.45, 7) is 4.62. The lowest BCUT2D eigenvalue weighted by Crippen LogP contribution is -2.50. The molecule has 5 nitrogen and oxygen atoms in total. The molecule has 7 heteroatoms. The molecule has 1 fully saturated rings. The first-order valence-corrected chi connectivity index (χ1v) is 8.55. The van der Waals surface area contributed by atoms with Crippen LogP contribution in [0.4, 0.5) is 25.0 Å². The van der Waals surface area contributed by atoms with E-state index in [-0.39, 0.29) is 6.03 Å². The lowest BCUT2D eigenvalue weighted by molar-refractivity contribution is 0.208. The summed E-state index contributed by atoms with van der Waals surface area (Å²) in [5, 5.41) is 2.86. The highest BCUT2D eigenvalue weighted by molar-refractivity contribution is 5.89. The molecule has 0 unspecified atom stereocenters. The zero-order chi connectivity index (χ0) is 18.5. The van der Waals surface area contributed by atoms with Gasteiger partial charge in [-0.25, -0.2) is 13.6 Å². The number of hydrogen-bond acceptors (Lipinski definition) is 3. The maximum atomic E-state index is 13.4. The van der Waals surface area contributed by atoms with Gasteiger partial charge in [-0.15, -0.1) is 0 Å². The van der Waals surface area contributed by atoms with Gasteiger partial charge in [-0.05, 0) is 43.3 Å². The first kappa shape index (κ1) is 18.0. The number of carbonyl (C=O) groups is 1. The van der Waals surface area contributed by atoms with Crippen LogP contribution in [-0.2, 0) is 0 Å². The van der Waals surface area contributed by atoms with Gasteiger partial charge in [-0.3, -0.25) is 0 Å². The standard InChI is InChI=1S/C19H21F2N3O2/c1-2-26-16-6-3-14(4-7-16)22-19(25)24-11-9-23(10-12-24)15-5-8-17(20)18(21)13-15/h3-8,13H,2,9-12H2,1H3,(H,22,25).